The first-order valence-electron chi connectivity index (χ1n) is 14.4. The molecule has 2 amide bonds. The number of imide groups is 1. The minimum Gasteiger partial charge on any atom is -0.489 e. The number of carbonyl (C=O) groups excluding carboxylic acids is 2. The van der Waals surface area contributed by atoms with E-state index < -0.39 is 11.8 Å². The van der Waals surface area contributed by atoms with Gasteiger partial charge in [-0.05, 0) is 73.9 Å². The maximum Gasteiger partial charge on any atom is 0.271 e. The molecular weight excluding hydrogens is 576 g/mol. The van der Waals surface area contributed by atoms with Crippen LogP contribution in [0.4, 0.5) is 0 Å². The van der Waals surface area contributed by atoms with Gasteiger partial charge in [0.1, 0.15) is 24.0 Å². The van der Waals surface area contributed by atoms with Crippen molar-refractivity contribution in [2.45, 2.75) is 32.5 Å². The Morgan fingerprint density at radius 2 is 1.80 bits per heavy atom. The number of halogens is 1. The van der Waals surface area contributed by atoms with Crippen molar-refractivity contribution in [3.63, 3.8) is 0 Å². The zero-order chi connectivity index (χ0) is 30.6. The van der Waals surface area contributed by atoms with Gasteiger partial charge in [-0.1, -0.05) is 48.0 Å². The molecule has 1 aromatic heterocycles. The molecule has 1 unspecified atom stereocenters. The summed E-state index contributed by atoms with van der Waals surface area (Å²) in [6.07, 6.45) is 4.94. The summed E-state index contributed by atoms with van der Waals surface area (Å²) in [5.74, 6) is -0.377. The number of carbonyl (C=O) groups is 2. The number of amides is 2. The molecule has 6 rings (SSSR count). The molecule has 1 fully saturated rings. The Balaban J connectivity index is 1.37. The molecule has 4 aromatic rings. The molecular formula is C35H29ClN4O4. The van der Waals surface area contributed by atoms with Crippen molar-refractivity contribution in [2.75, 3.05) is 13.2 Å². The van der Waals surface area contributed by atoms with Crippen molar-refractivity contribution in [3.8, 4) is 28.8 Å². The van der Waals surface area contributed by atoms with Crippen LogP contribution in [0.3, 0.4) is 0 Å². The molecule has 3 heterocycles. The maximum atomic E-state index is 13.8. The summed E-state index contributed by atoms with van der Waals surface area (Å²) in [5, 5.41) is 15.4. The number of hydrogen-bond acceptors (Lipinski definition) is 6. The molecule has 1 saturated heterocycles. The molecule has 0 saturated carbocycles. The lowest BCUT2D eigenvalue weighted by molar-refractivity contribution is -0.142. The lowest BCUT2D eigenvalue weighted by atomic mass is 9.93. The van der Waals surface area contributed by atoms with E-state index in [0.29, 0.717) is 40.8 Å². The molecule has 0 aliphatic carbocycles. The van der Waals surface area contributed by atoms with Gasteiger partial charge in [0.25, 0.3) is 11.8 Å². The van der Waals surface area contributed by atoms with Gasteiger partial charge in [0.2, 0.25) is 0 Å². The molecule has 2 aliphatic heterocycles. The summed E-state index contributed by atoms with van der Waals surface area (Å²) < 4.78 is 13.4. The van der Waals surface area contributed by atoms with E-state index in [1.54, 1.807) is 17.7 Å². The van der Waals surface area contributed by atoms with Crippen LogP contribution in [-0.4, -0.2) is 45.8 Å². The predicted molar refractivity (Wildman–Crippen MR) is 167 cm³/mol. The molecule has 2 aliphatic rings. The maximum absolute atomic E-state index is 13.8. The number of rotatable bonds is 8. The summed E-state index contributed by atoms with van der Waals surface area (Å²) in [5.41, 5.74) is 4.37. The Hall–Kier alpha value is -4.97. The van der Waals surface area contributed by atoms with Crippen molar-refractivity contribution in [3.05, 3.63) is 118 Å². The molecule has 1 atom stereocenters. The van der Waals surface area contributed by atoms with E-state index in [-0.39, 0.29) is 23.8 Å². The van der Waals surface area contributed by atoms with Gasteiger partial charge in [0, 0.05) is 40.1 Å². The normalized spacial score (nSPS) is 17.8. The van der Waals surface area contributed by atoms with E-state index in [1.165, 1.54) is 0 Å². The van der Waals surface area contributed by atoms with E-state index in [2.05, 4.69) is 0 Å². The van der Waals surface area contributed by atoms with Gasteiger partial charge in [-0.25, -0.2) is 4.68 Å². The van der Waals surface area contributed by atoms with E-state index in [4.69, 9.17) is 26.2 Å². The summed E-state index contributed by atoms with van der Waals surface area (Å²) in [7, 11) is 0. The molecule has 0 N–H and O–H groups in total. The van der Waals surface area contributed by atoms with Crippen molar-refractivity contribution in [2.24, 2.45) is 0 Å². The highest BCUT2D eigenvalue weighted by Crippen LogP contribution is 2.32. The van der Waals surface area contributed by atoms with Crippen LogP contribution < -0.4 is 4.74 Å². The number of nitriles is 1. The largest absolute Gasteiger partial charge is 0.489 e. The van der Waals surface area contributed by atoms with Gasteiger partial charge >= 0.3 is 0 Å². The van der Waals surface area contributed by atoms with Gasteiger partial charge in [-0.15, -0.1) is 0 Å². The van der Waals surface area contributed by atoms with E-state index in [1.807, 2.05) is 91.1 Å². The van der Waals surface area contributed by atoms with Gasteiger partial charge < -0.3 is 9.47 Å². The van der Waals surface area contributed by atoms with Crippen LogP contribution in [0.25, 0.3) is 23.0 Å². The fourth-order valence-corrected chi connectivity index (χ4v) is 5.55. The molecule has 8 nitrogen and oxygen atoms in total. The van der Waals surface area contributed by atoms with E-state index in [9.17, 15) is 14.9 Å². The van der Waals surface area contributed by atoms with Gasteiger partial charge in [-0.3, -0.25) is 14.5 Å². The van der Waals surface area contributed by atoms with Crippen LogP contribution in [0.15, 0.2) is 102 Å². The fraction of sp³-hybridized carbons (Fsp3) is 0.200. The van der Waals surface area contributed by atoms with E-state index >= 15 is 0 Å². The van der Waals surface area contributed by atoms with Crippen molar-refractivity contribution < 1.29 is 19.1 Å². The van der Waals surface area contributed by atoms with Crippen LogP contribution in [0.1, 0.15) is 30.9 Å². The van der Waals surface area contributed by atoms with Crippen molar-refractivity contribution >= 4 is 29.5 Å². The minimum absolute atomic E-state index is 0.0501. The predicted octanol–water partition coefficient (Wildman–Crippen LogP) is 6.54. The highest BCUT2D eigenvalue weighted by atomic mass is 35.5. The zero-order valence-electron chi connectivity index (χ0n) is 24.1. The Morgan fingerprint density at radius 3 is 2.50 bits per heavy atom. The smallest absolute Gasteiger partial charge is 0.271 e. The SMILES string of the molecule is CC1=C(C#N)C(=O)N(CC2CCCO2)C(=O)/C1=C/c1cn(-c2ccccc2)nc1-c1ccc(OCc2ccccc2Cl)cc1. The zero-order valence-corrected chi connectivity index (χ0v) is 24.8. The van der Waals surface area contributed by atoms with Crippen molar-refractivity contribution in [1.82, 2.24) is 14.7 Å². The Bertz CT molecular complexity index is 1810. The third kappa shape index (κ3) is 5.93. The Morgan fingerprint density at radius 1 is 1.05 bits per heavy atom. The minimum atomic E-state index is -0.588. The Labute approximate surface area is 260 Å². The standard InChI is InChI=1S/C35H29ClN4O4/c1-23-30(34(41)39(35(42)31(23)19-37)21-29-11-7-17-43-29)18-26-20-40(27-9-3-2-4-10-27)38-33(26)24-13-15-28(16-14-24)44-22-25-8-5-6-12-32(25)36/h2-6,8-10,12-16,18,20,29H,7,11,17,21-22H2,1H3/b30-18+. The molecule has 44 heavy (non-hydrogen) atoms. The number of para-hydroxylation sites is 1. The quantitative estimate of drug-likeness (QED) is 0.167. The molecule has 0 bridgehead atoms. The van der Waals surface area contributed by atoms with Crippen LogP contribution in [0.2, 0.25) is 5.02 Å². The topological polar surface area (TPSA) is 97.5 Å². The number of aromatic nitrogens is 2. The van der Waals surface area contributed by atoms with E-state index in [0.717, 1.165) is 34.6 Å². The van der Waals surface area contributed by atoms with Crippen LogP contribution in [0.5, 0.6) is 5.75 Å². The summed E-state index contributed by atoms with van der Waals surface area (Å²) >= 11 is 6.28. The highest BCUT2D eigenvalue weighted by Gasteiger charge is 2.37. The summed E-state index contributed by atoms with van der Waals surface area (Å²) in [6.45, 7) is 2.67. The number of nitrogens with zero attached hydrogens (tertiary/aromatic N) is 4. The lowest BCUT2D eigenvalue weighted by Gasteiger charge is -2.29. The van der Waals surface area contributed by atoms with Gasteiger partial charge in [-0.2, -0.15) is 10.4 Å². The van der Waals surface area contributed by atoms with Gasteiger partial charge in [0.15, 0.2) is 0 Å². The number of ether oxygens (including phenoxy) is 2. The summed E-state index contributed by atoms with van der Waals surface area (Å²) in [6, 6.07) is 26.7. The lowest BCUT2D eigenvalue weighted by Crippen LogP contribution is -2.46. The monoisotopic (exact) mass is 604 g/mol. The average molecular weight is 605 g/mol. The second kappa shape index (κ2) is 12.7. The molecule has 9 heteroatoms. The first-order chi connectivity index (χ1) is 21.4. The first kappa shape index (κ1) is 29.1. The second-order valence-electron chi connectivity index (χ2n) is 10.6. The third-order valence-corrected chi connectivity index (χ3v) is 8.15. The number of hydrogen-bond donors (Lipinski definition) is 0. The first-order valence-corrected chi connectivity index (χ1v) is 14.7. The fourth-order valence-electron chi connectivity index (χ4n) is 5.36. The highest BCUT2D eigenvalue weighted by molar-refractivity contribution is 6.31. The average Bonchev–Trinajstić information content (AvgIpc) is 3.72. The molecule has 220 valence electrons. The van der Waals surface area contributed by atoms with Crippen LogP contribution in [-0.2, 0) is 20.9 Å². The third-order valence-electron chi connectivity index (χ3n) is 7.78. The Kier molecular flexibility index (Phi) is 8.42. The van der Waals surface area contributed by atoms with Gasteiger partial charge in [0.05, 0.1) is 24.0 Å². The van der Waals surface area contributed by atoms with Crippen LogP contribution in [0, 0.1) is 11.3 Å². The summed E-state index contributed by atoms with van der Waals surface area (Å²) in [4.78, 5) is 28.0. The van der Waals surface area contributed by atoms with Crippen LogP contribution >= 0.6 is 11.6 Å². The second-order valence-corrected chi connectivity index (χ2v) is 11.1. The number of benzene rings is 3. The molecule has 0 radical (unpaired) electrons. The van der Waals surface area contributed by atoms with Crippen molar-refractivity contribution in [1.29, 1.82) is 5.26 Å². The molecule has 0 spiro atoms. The molecule has 3 aromatic carbocycles.